The average Bonchev–Trinajstić information content (AvgIpc) is 2.12. The Balaban J connectivity index is 2.08. The van der Waals surface area contributed by atoms with E-state index in [-0.39, 0.29) is 6.61 Å². The lowest BCUT2D eigenvalue weighted by atomic mass is 10.1. The van der Waals surface area contributed by atoms with Crippen LogP contribution in [-0.2, 0) is 6.61 Å². The van der Waals surface area contributed by atoms with Gasteiger partial charge in [0.05, 0.1) is 12.6 Å². The van der Waals surface area contributed by atoms with Crippen LogP contribution in [0.2, 0.25) is 0 Å². The van der Waals surface area contributed by atoms with Gasteiger partial charge in [0.15, 0.2) is 0 Å². The molecule has 70 valence electrons. The first-order valence-electron chi connectivity index (χ1n) is 4.56. The molecule has 0 spiro atoms. The molecule has 1 fully saturated rings. The summed E-state index contributed by atoms with van der Waals surface area (Å²) in [6.07, 6.45) is 0. The molecule has 0 saturated carbocycles. The van der Waals surface area contributed by atoms with E-state index in [4.69, 9.17) is 5.11 Å². The molecule has 1 saturated heterocycles. The fourth-order valence-corrected chi connectivity index (χ4v) is 1.41. The van der Waals surface area contributed by atoms with Crippen molar-refractivity contribution in [1.82, 2.24) is 5.32 Å². The van der Waals surface area contributed by atoms with Gasteiger partial charge < -0.3 is 15.7 Å². The molecule has 1 aromatic rings. The van der Waals surface area contributed by atoms with Gasteiger partial charge in [0.25, 0.3) is 0 Å². The van der Waals surface area contributed by atoms with Crippen LogP contribution in [0.3, 0.4) is 0 Å². The second-order valence-electron chi connectivity index (χ2n) is 3.31. The van der Waals surface area contributed by atoms with E-state index >= 15 is 0 Å². The van der Waals surface area contributed by atoms with Gasteiger partial charge in [-0.2, -0.15) is 0 Å². The molecule has 0 aliphatic carbocycles. The summed E-state index contributed by atoms with van der Waals surface area (Å²) in [4.78, 5) is 0. The van der Waals surface area contributed by atoms with Crippen molar-refractivity contribution in [3.63, 3.8) is 0 Å². The number of rotatable bonds is 3. The van der Waals surface area contributed by atoms with E-state index < -0.39 is 0 Å². The van der Waals surface area contributed by atoms with Gasteiger partial charge in [-0.1, -0.05) is 18.2 Å². The number of aliphatic hydroxyl groups is 1. The van der Waals surface area contributed by atoms with Crippen molar-refractivity contribution in [2.75, 3.05) is 18.4 Å². The molecule has 0 unspecified atom stereocenters. The Hall–Kier alpha value is -1.06. The highest BCUT2D eigenvalue weighted by Crippen LogP contribution is 2.16. The maximum atomic E-state index is 9.07. The highest BCUT2D eigenvalue weighted by Gasteiger charge is 2.16. The Morgan fingerprint density at radius 1 is 1.38 bits per heavy atom. The van der Waals surface area contributed by atoms with Crippen LogP contribution < -0.4 is 10.6 Å². The highest BCUT2D eigenvalue weighted by atomic mass is 16.3. The first-order chi connectivity index (χ1) is 6.40. The third kappa shape index (κ3) is 1.82. The van der Waals surface area contributed by atoms with Gasteiger partial charge in [0.1, 0.15) is 0 Å². The zero-order valence-corrected chi connectivity index (χ0v) is 7.46. The summed E-state index contributed by atoms with van der Waals surface area (Å²) >= 11 is 0. The Kier molecular flexibility index (Phi) is 2.47. The first-order valence-corrected chi connectivity index (χ1v) is 4.56. The molecular formula is C10H14N2O. The van der Waals surface area contributed by atoms with E-state index in [1.807, 2.05) is 24.3 Å². The minimum absolute atomic E-state index is 0.101. The summed E-state index contributed by atoms with van der Waals surface area (Å²) in [6, 6.07) is 8.38. The minimum Gasteiger partial charge on any atom is -0.392 e. The molecule has 0 bridgehead atoms. The van der Waals surface area contributed by atoms with Gasteiger partial charge in [-0.15, -0.1) is 0 Å². The van der Waals surface area contributed by atoms with Crippen LogP contribution >= 0.6 is 0 Å². The van der Waals surface area contributed by atoms with Crippen molar-refractivity contribution < 1.29 is 5.11 Å². The standard InChI is InChI=1S/C10H14N2O/c13-7-8-3-1-2-4-10(8)12-9-5-11-6-9/h1-4,9,11-13H,5-7H2. The van der Waals surface area contributed by atoms with Crippen LogP contribution in [0.25, 0.3) is 0 Å². The Bertz CT molecular complexity index is 284. The molecule has 0 amide bonds. The predicted molar refractivity (Wildman–Crippen MR) is 52.6 cm³/mol. The summed E-state index contributed by atoms with van der Waals surface area (Å²) in [5.74, 6) is 0. The van der Waals surface area contributed by atoms with Crippen molar-refractivity contribution >= 4 is 5.69 Å². The molecule has 2 rings (SSSR count). The zero-order chi connectivity index (χ0) is 9.10. The monoisotopic (exact) mass is 178 g/mol. The number of aliphatic hydroxyl groups excluding tert-OH is 1. The van der Waals surface area contributed by atoms with E-state index in [1.165, 1.54) is 0 Å². The van der Waals surface area contributed by atoms with Crippen LogP contribution in [0.4, 0.5) is 5.69 Å². The number of hydrogen-bond donors (Lipinski definition) is 3. The van der Waals surface area contributed by atoms with Crippen molar-refractivity contribution in [2.24, 2.45) is 0 Å². The summed E-state index contributed by atoms with van der Waals surface area (Å²) in [7, 11) is 0. The Labute approximate surface area is 77.8 Å². The van der Waals surface area contributed by atoms with Crippen LogP contribution in [0.5, 0.6) is 0 Å². The van der Waals surface area contributed by atoms with E-state index in [9.17, 15) is 0 Å². The molecule has 0 aromatic heterocycles. The van der Waals surface area contributed by atoms with Crippen molar-refractivity contribution in [3.05, 3.63) is 29.8 Å². The second kappa shape index (κ2) is 3.77. The van der Waals surface area contributed by atoms with E-state index in [1.54, 1.807) is 0 Å². The van der Waals surface area contributed by atoms with E-state index in [0.29, 0.717) is 6.04 Å². The summed E-state index contributed by atoms with van der Waals surface area (Å²) in [5, 5.41) is 15.6. The SMILES string of the molecule is OCc1ccccc1NC1CNC1. The number of anilines is 1. The molecule has 1 aromatic carbocycles. The summed E-state index contributed by atoms with van der Waals surface area (Å²) < 4.78 is 0. The quantitative estimate of drug-likeness (QED) is 0.633. The number of nitrogens with one attached hydrogen (secondary N) is 2. The molecule has 1 heterocycles. The highest BCUT2D eigenvalue weighted by molar-refractivity contribution is 5.51. The van der Waals surface area contributed by atoms with E-state index in [0.717, 1.165) is 24.3 Å². The van der Waals surface area contributed by atoms with Gasteiger partial charge >= 0.3 is 0 Å². The summed E-state index contributed by atoms with van der Waals surface area (Å²) in [6.45, 7) is 2.13. The summed E-state index contributed by atoms with van der Waals surface area (Å²) in [5.41, 5.74) is 2.02. The molecule has 0 atom stereocenters. The number of para-hydroxylation sites is 1. The third-order valence-electron chi connectivity index (χ3n) is 2.33. The topological polar surface area (TPSA) is 44.3 Å². The van der Waals surface area contributed by atoms with Crippen molar-refractivity contribution in [1.29, 1.82) is 0 Å². The Morgan fingerprint density at radius 3 is 2.77 bits per heavy atom. The second-order valence-corrected chi connectivity index (χ2v) is 3.31. The molecule has 1 aliphatic rings. The minimum atomic E-state index is 0.101. The van der Waals surface area contributed by atoms with Crippen LogP contribution in [0, 0.1) is 0 Å². The molecule has 1 aliphatic heterocycles. The fraction of sp³-hybridized carbons (Fsp3) is 0.400. The maximum absolute atomic E-state index is 9.07. The molecule has 13 heavy (non-hydrogen) atoms. The van der Waals surface area contributed by atoms with Gasteiger partial charge in [-0.05, 0) is 6.07 Å². The number of hydrogen-bond acceptors (Lipinski definition) is 3. The van der Waals surface area contributed by atoms with Crippen molar-refractivity contribution in [2.45, 2.75) is 12.6 Å². The van der Waals surface area contributed by atoms with Crippen LogP contribution in [0.15, 0.2) is 24.3 Å². The molecular weight excluding hydrogens is 164 g/mol. The van der Waals surface area contributed by atoms with Gasteiger partial charge in [0, 0.05) is 24.3 Å². The lowest BCUT2D eigenvalue weighted by molar-refractivity contribution is 0.282. The lowest BCUT2D eigenvalue weighted by Crippen LogP contribution is -2.51. The zero-order valence-electron chi connectivity index (χ0n) is 7.46. The van der Waals surface area contributed by atoms with Crippen LogP contribution in [0.1, 0.15) is 5.56 Å². The lowest BCUT2D eigenvalue weighted by Gasteiger charge is -2.29. The molecule has 3 N–H and O–H groups in total. The largest absolute Gasteiger partial charge is 0.392 e. The normalized spacial score (nSPS) is 16.7. The molecule has 3 heteroatoms. The predicted octanol–water partition coefficient (Wildman–Crippen LogP) is 0.563. The molecule has 0 radical (unpaired) electrons. The number of benzene rings is 1. The van der Waals surface area contributed by atoms with Gasteiger partial charge in [-0.3, -0.25) is 0 Å². The van der Waals surface area contributed by atoms with Crippen molar-refractivity contribution in [3.8, 4) is 0 Å². The third-order valence-corrected chi connectivity index (χ3v) is 2.33. The fourth-order valence-electron chi connectivity index (χ4n) is 1.41. The maximum Gasteiger partial charge on any atom is 0.0701 e. The smallest absolute Gasteiger partial charge is 0.0701 e. The van der Waals surface area contributed by atoms with Gasteiger partial charge in [-0.25, -0.2) is 0 Å². The van der Waals surface area contributed by atoms with E-state index in [2.05, 4.69) is 10.6 Å². The Morgan fingerprint density at radius 2 is 2.15 bits per heavy atom. The van der Waals surface area contributed by atoms with Gasteiger partial charge in [0.2, 0.25) is 0 Å². The first kappa shape index (κ1) is 8.53. The molecule has 3 nitrogen and oxygen atoms in total. The average molecular weight is 178 g/mol. The van der Waals surface area contributed by atoms with Crippen LogP contribution in [-0.4, -0.2) is 24.2 Å².